The minimum atomic E-state index is -1.01. The standard InChI is InChI=1S/C14H24N2O3/c17-12(18)14(8-4-9-14)16-13(19)15-10-7-11-5-2-1-3-6-11/h11H,1-10H2,(H,17,18)(H2,15,16,19). The van der Waals surface area contributed by atoms with Crippen molar-refractivity contribution in [1.29, 1.82) is 0 Å². The van der Waals surface area contributed by atoms with Crippen molar-refractivity contribution in [3.05, 3.63) is 0 Å². The Hall–Kier alpha value is -1.26. The first-order chi connectivity index (χ1) is 9.12. The zero-order chi connectivity index (χ0) is 13.7. The fourth-order valence-electron chi connectivity index (χ4n) is 3.05. The monoisotopic (exact) mass is 268 g/mol. The molecule has 2 amide bonds. The molecule has 0 aromatic carbocycles. The van der Waals surface area contributed by atoms with Gasteiger partial charge in [0.1, 0.15) is 5.54 Å². The Morgan fingerprint density at radius 3 is 2.32 bits per heavy atom. The van der Waals surface area contributed by atoms with Crippen LogP contribution in [0.25, 0.3) is 0 Å². The zero-order valence-corrected chi connectivity index (χ0v) is 11.4. The van der Waals surface area contributed by atoms with Gasteiger partial charge in [-0.15, -0.1) is 0 Å². The number of carboxylic acid groups (broad SMARTS) is 1. The molecule has 2 rings (SSSR count). The van der Waals surface area contributed by atoms with Gasteiger partial charge in [0.15, 0.2) is 0 Å². The van der Waals surface area contributed by atoms with Gasteiger partial charge in [0.2, 0.25) is 0 Å². The second-order valence-electron chi connectivity index (χ2n) is 5.91. The van der Waals surface area contributed by atoms with Crippen molar-refractivity contribution in [1.82, 2.24) is 10.6 Å². The Morgan fingerprint density at radius 2 is 1.79 bits per heavy atom. The molecule has 5 nitrogen and oxygen atoms in total. The summed E-state index contributed by atoms with van der Waals surface area (Å²) < 4.78 is 0. The first kappa shape index (κ1) is 14.2. The van der Waals surface area contributed by atoms with E-state index < -0.39 is 11.5 Å². The molecule has 108 valence electrons. The van der Waals surface area contributed by atoms with Gasteiger partial charge in [-0.1, -0.05) is 32.1 Å². The lowest BCUT2D eigenvalue weighted by Crippen LogP contribution is -2.61. The molecule has 2 fully saturated rings. The average Bonchev–Trinajstić information content (AvgIpc) is 2.34. The maximum atomic E-state index is 11.7. The Labute approximate surface area is 114 Å². The Kier molecular flexibility index (Phi) is 4.66. The van der Waals surface area contributed by atoms with Gasteiger partial charge in [0.05, 0.1) is 0 Å². The Bertz CT molecular complexity index is 334. The summed E-state index contributed by atoms with van der Waals surface area (Å²) in [6.45, 7) is 0.645. The van der Waals surface area contributed by atoms with Crippen molar-refractivity contribution in [2.45, 2.75) is 63.3 Å². The fourth-order valence-corrected chi connectivity index (χ4v) is 3.05. The molecule has 2 saturated carbocycles. The number of carbonyl (C=O) groups excluding carboxylic acids is 1. The minimum Gasteiger partial charge on any atom is -0.480 e. The third-order valence-electron chi connectivity index (χ3n) is 4.53. The number of carbonyl (C=O) groups is 2. The van der Waals surface area contributed by atoms with Gasteiger partial charge in [-0.05, 0) is 31.6 Å². The summed E-state index contributed by atoms with van der Waals surface area (Å²) in [6.07, 6.45) is 9.44. The lowest BCUT2D eigenvalue weighted by molar-refractivity contribution is -0.148. The van der Waals surface area contributed by atoms with Gasteiger partial charge < -0.3 is 15.7 Å². The molecule has 0 bridgehead atoms. The van der Waals surface area contributed by atoms with Crippen molar-refractivity contribution in [3.8, 4) is 0 Å². The summed E-state index contributed by atoms with van der Waals surface area (Å²) in [5.74, 6) is -0.188. The van der Waals surface area contributed by atoms with Gasteiger partial charge in [0.25, 0.3) is 0 Å². The predicted molar refractivity (Wildman–Crippen MR) is 71.9 cm³/mol. The number of carboxylic acids is 1. The molecule has 0 saturated heterocycles. The lowest BCUT2D eigenvalue weighted by Gasteiger charge is -2.38. The molecule has 0 heterocycles. The number of rotatable bonds is 5. The first-order valence-electron chi connectivity index (χ1n) is 7.42. The van der Waals surface area contributed by atoms with Crippen LogP contribution in [-0.2, 0) is 4.79 Å². The van der Waals surface area contributed by atoms with Gasteiger partial charge in [-0.3, -0.25) is 0 Å². The number of nitrogens with one attached hydrogen (secondary N) is 2. The van der Waals surface area contributed by atoms with Gasteiger partial charge in [0, 0.05) is 6.54 Å². The molecule has 2 aliphatic rings. The van der Waals surface area contributed by atoms with Crippen molar-refractivity contribution in [2.75, 3.05) is 6.54 Å². The van der Waals surface area contributed by atoms with Crippen LogP contribution in [0.3, 0.4) is 0 Å². The van der Waals surface area contributed by atoms with Crippen LogP contribution in [0.2, 0.25) is 0 Å². The second-order valence-corrected chi connectivity index (χ2v) is 5.91. The fraction of sp³-hybridized carbons (Fsp3) is 0.857. The molecule has 0 aromatic heterocycles. The number of urea groups is 1. The summed E-state index contributed by atoms with van der Waals surface area (Å²) in [7, 11) is 0. The molecular formula is C14H24N2O3. The van der Waals surface area contributed by atoms with Crippen LogP contribution < -0.4 is 10.6 Å². The van der Waals surface area contributed by atoms with Crippen LogP contribution >= 0.6 is 0 Å². The normalized spacial score (nSPS) is 22.3. The number of hydrogen-bond donors (Lipinski definition) is 3. The highest BCUT2D eigenvalue weighted by Gasteiger charge is 2.45. The van der Waals surface area contributed by atoms with Gasteiger partial charge in [-0.25, -0.2) is 9.59 Å². The first-order valence-corrected chi connectivity index (χ1v) is 7.42. The second kappa shape index (κ2) is 6.26. The van der Waals surface area contributed by atoms with E-state index in [9.17, 15) is 9.59 Å². The van der Waals surface area contributed by atoms with Gasteiger partial charge in [-0.2, -0.15) is 0 Å². The van der Waals surface area contributed by atoms with Crippen LogP contribution in [0.1, 0.15) is 57.8 Å². The van der Waals surface area contributed by atoms with Crippen LogP contribution in [-0.4, -0.2) is 29.2 Å². The minimum absolute atomic E-state index is 0.335. The van der Waals surface area contributed by atoms with Crippen LogP contribution in [0.4, 0.5) is 4.79 Å². The average molecular weight is 268 g/mol. The van der Waals surface area contributed by atoms with E-state index in [1.807, 2.05) is 0 Å². The lowest BCUT2D eigenvalue weighted by atomic mass is 9.77. The third kappa shape index (κ3) is 3.61. The predicted octanol–water partition coefficient (Wildman–Crippen LogP) is 2.26. The number of aliphatic carboxylic acids is 1. The Morgan fingerprint density at radius 1 is 1.11 bits per heavy atom. The van der Waals surface area contributed by atoms with Crippen molar-refractivity contribution in [3.63, 3.8) is 0 Å². The molecule has 0 atom stereocenters. The molecule has 0 spiro atoms. The van der Waals surface area contributed by atoms with E-state index in [-0.39, 0.29) is 6.03 Å². The highest BCUT2D eigenvalue weighted by molar-refractivity contribution is 5.87. The molecule has 0 aromatic rings. The highest BCUT2D eigenvalue weighted by atomic mass is 16.4. The molecule has 0 radical (unpaired) electrons. The van der Waals surface area contributed by atoms with Crippen molar-refractivity contribution in [2.24, 2.45) is 5.92 Å². The molecule has 5 heteroatoms. The van der Waals surface area contributed by atoms with E-state index >= 15 is 0 Å². The van der Waals surface area contributed by atoms with E-state index in [2.05, 4.69) is 10.6 Å². The van der Waals surface area contributed by atoms with E-state index in [1.54, 1.807) is 0 Å². The van der Waals surface area contributed by atoms with Gasteiger partial charge >= 0.3 is 12.0 Å². The molecule has 0 aliphatic heterocycles. The SMILES string of the molecule is O=C(NCCC1CCCCC1)NC1(C(=O)O)CCC1. The largest absolute Gasteiger partial charge is 0.480 e. The maximum absolute atomic E-state index is 11.7. The molecule has 0 unspecified atom stereocenters. The van der Waals surface area contributed by atoms with E-state index in [0.717, 1.165) is 18.8 Å². The topological polar surface area (TPSA) is 78.4 Å². The highest BCUT2D eigenvalue weighted by Crippen LogP contribution is 2.31. The molecule has 3 N–H and O–H groups in total. The molecule has 19 heavy (non-hydrogen) atoms. The summed E-state index contributed by atoms with van der Waals surface area (Å²) in [5, 5.41) is 14.5. The van der Waals surface area contributed by atoms with E-state index in [4.69, 9.17) is 5.11 Å². The van der Waals surface area contributed by atoms with Crippen LogP contribution in [0.5, 0.6) is 0 Å². The zero-order valence-electron chi connectivity index (χ0n) is 11.4. The summed E-state index contributed by atoms with van der Waals surface area (Å²) in [6, 6.07) is -0.335. The number of amides is 2. The summed E-state index contributed by atoms with van der Waals surface area (Å²) >= 11 is 0. The van der Waals surface area contributed by atoms with Crippen LogP contribution in [0, 0.1) is 5.92 Å². The summed E-state index contributed by atoms with van der Waals surface area (Å²) in [5.41, 5.74) is -1.01. The smallest absolute Gasteiger partial charge is 0.329 e. The molecular weight excluding hydrogens is 244 g/mol. The van der Waals surface area contributed by atoms with Crippen LogP contribution in [0.15, 0.2) is 0 Å². The summed E-state index contributed by atoms with van der Waals surface area (Å²) in [4.78, 5) is 22.8. The van der Waals surface area contributed by atoms with E-state index in [0.29, 0.717) is 19.4 Å². The number of hydrogen-bond acceptors (Lipinski definition) is 2. The third-order valence-corrected chi connectivity index (χ3v) is 4.53. The maximum Gasteiger partial charge on any atom is 0.329 e. The van der Waals surface area contributed by atoms with E-state index in [1.165, 1.54) is 32.1 Å². The van der Waals surface area contributed by atoms with Crippen molar-refractivity contribution < 1.29 is 14.7 Å². The quantitative estimate of drug-likeness (QED) is 0.715. The molecule has 2 aliphatic carbocycles. The Balaban J connectivity index is 1.65. The van der Waals surface area contributed by atoms with Crippen molar-refractivity contribution >= 4 is 12.0 Å².